The lowest BCUT2D eigenvalue weighted by Crippen LogP contribution is -2.29. The van der Waals surface area contributed by atoms with Gasteiger partial charge in [-0.05, 0) is 18.1 Å². The van der Waals surface area contributed by atoms with Crippen molar-refractivity contribution < 1.29 is 13.9 Å². The summed E-state index contributed by atoms with van der Waals surface area (Å²) in [5.74, 6) is -1.08. The summed E-state index contributed by atoms with van der Waals surface area (Å²) in [5.41, 5.74) is 6.83. The predicted molar refractivity (Wildman–Crippen MR) is 60.3 cm³/mol. The average molecular weight is 242 g/mol. The minimum Gasteiger partial charge on any atom is -0.396 e. The molecule has 1 aromatic carbocycles. The summed E-state index contributed by atoms with van der Waals surface area (Å²) in [4.78, 5) is 1.98. The molecule has 17 heavy (non-hydrogen) atoms. The molecular weight excluding hydrogens is 226 g/mol. The van der Waals surface area contributed by atoms with Crippen LogP contribution in [-0.4, -0.2) is 29.7 Å². The number of halogens is 2. The van der Waals surface area contributed by atoms with Crippen LogP contribution in [0.15, 0.2) is 12.1 Å². The SMILES string of the molecule is NCC1c2cc(F)cc(F)c2CN1CCCO. The second kappa shape index (κ2) is 5.08. The molecule has 0 amide bonds. The van der Waals surface area contributed by atoms with Gasteiger partial charge in [-0.25, -0.2) is 8.78 Å². The number of fused-ring (bicyclic) bond motifs is 1. The summed E-state index contributed by atoms with van der Waals surface area (Å²) >= 11 is 0. The van der Waals surface area contributed by atoms with E-state index in [0.29, 0.717) is 37.2 Å². The van der Waals surface area contributed by atoms with Crippen molar-refractivity contribution in [2.24, 2.45) is 5.73 Å². The largest absolute Gasteiger partial charge is 0.396 e. The van der Waals surface area contributed by atoms with Crippen molar-refractivity contribution in [1.82, 2.24) is 4.90 Å². The van der Waals surface area contributed by atoms with Crippen LogP contribution in [0.25, 0.3) is 0 Å². The maximum Gasteiger partial charge on any atom is 0.130 e. The Kier molecular flexibility index (Phi) is 3.71. The van der Waals surface area contributed by atoms with Gasteiger partial charge in [0.25, 0.3) is 0 Å². The standard InChI is InChI=1S/C12H16F2N2O/c13-8-4-9-10(11(14)5-8)7-16(2-1-3-17)12(9)6-15/h4-5,12,17H,1-3,6-7,15H2. The van der Waals surface area contributed by atoms with Crippen LogP contribution in [0.2, 0.25) is 0 Å². The van der Waals surface area contributed by atoms with Gasteiger partial charge in [-0.1, -0.05) is 0 Å². The van der Waals surface area contributed by atoms with Crippen molar-refractivity contribution in [2.45, 2.75) is 19.0 Å². The number of hydrogen-bond acceptors (Lipinski definition) is 3. The van der Waals surface area contributed by atoms with E-state index in [1.165, 1.54) is 6.07 Å². The van der Waals surface area contributed by atoms with Crippen LogP contribution in [-0.2, 0) is 6.54 Å². The van der Waals surface area contributed by atoms with E-state index in [4.69, 9.17) is 10.8 Å². The zero-order chi connectivity index (χ0) is 12.4. The quantitative estimate of drug-likeness (QED) is 0.833. The summed E-state index contributed by atoms with van der Waals surface area (Å²) in [6.07, 6.45) is 0.606. The Labute approximate surface area is 98.8 Å². The molecule has 0 bridgehead atoms. The van der Waals surface area contributed by atoms with Gasteiger partial charge < -0.3 is 10.8 Å². The number of nitrogens with two attached hydrogens (primary N) is 1. The van der Waals surface area contributed by atoms with Gasteiger partial charge in [0.1, 0.15) is 11.6 Å². The van der Waals surface area contributed by atoms with Crippen LogP contribution >= 0.6 is 0 Å². The zero-order valence-electron chi connectivity index (χ0n) is 9.50. The molecule has 0 saturated carbocycles. The molecule has 0 radical (unpaired) electrons. The Bertz CT molecular complexity index is 412. The highest BCUT2D eigenvalue weighted by molar-refractivity contribution is 5.36. The molecule has 5 heteroatoms. The van der Waals surface area contributed by atoms with E-state index >= 15 is 0 Å². The molecule has 1 unspecified atom stereocenters. The summed E-state index contributed by atoms with van der Waals surface area (Å²) in [5, 5.41) is 8.81. The molecule has 1 heterocycles. The van der Waals surface area contributed by atoms with E-state index in [0.717, 1.165) is 6.07 Å². The lowest BCUT2D eigenvalue weighted by molar-refractivity contribution is 0.189. The molecule has 1 aliphatic heterocycles. The van der Waals surface area contributed by atoms with Crippen molar-refractivity contribution in [3.8, 4) is 0 Å². The molecular formula is C12H16F2N2O. The molecule has 1 aliphatic rings. The molecule has 0 aliphatic carbocycles. The monoisotopic (exact) mass is 242 g/mol. The normalized spacial score (nSPS) is 19.6. The first-order valence-corrected chi connectivity index (χ1v) is 5.70. The highest BCUT2D eigenvalue weighted by atomic mass is 19.1. The van der Waals surface area contributed by atoms with Gasteiger partial charge in [-0.2, -0.15) is 0 Å². The maximum atomic E-state index is 13.6. The Hall–Kier alpha value is -1.04. The summed E-state index contributed by atoms with van der Waals surface area (Å²) < 4.78 is 26.8. The highest BCUT2D eigenvalue weighted by Gasteiger charge is 2.31. The van der Waals surface area contributed by atoms with Gasteiger partial charge in [0.2, 0.25) is 0 Å². The summed E-state index contributed by atoms with van der Waals surface area (Å²) in [6, 6.07) is 2.11. The average Bonchev–Trinajstić information content (AvgIpc) is 2.64. The smallest absolute Gasteiger partial charge is 0.130 e. The molecule has 1 aromatic rings. The van der Waals surface area contributed by atoms with Crippen LogP contribution in [0.3, 0.4) is 0 Å². The summed E-state index contributed by atoms with van der Waals surface area (Å²) in [6.45, 7) is 1.47. The van der Waals surface area contributed by atoms with E-state index in [1.807, 2.05) is 4.90 Å². The van der Waals surface area contributed by atoms with Crippen LogP contribution < -0.4 is 5.73 Å². The van der Waals surface area contributed by atoms with Gasteiger partial charge in [-0.15, -0.1) is 0 Å². The molecule has 0 fully saturated rings. The molecule has 0 saturated heterocycles. The van der Waals surface area contributed by atoms with Crippen LogP contribution in [0, 0.1) is 11.6 Å². The van der Waals surface area contributed by atoms with Crippen LogP contribution in [0.1, 0.15) is 23.6 Å². The Morgan fingerprint density at radius 3 is 2.82 bits per heavy atom. The fraction of sp³-hybridized carbons (Fsp3) is 0.500. The van der Waals surface area contributed by atoms with E-state index in [2.05, 4.69) is 0 Å². The molecule has 94 valence electrons. The first-order chi connectivity index (χ1) is 8.17. The minimum atomic E-state index is -0.566. The number of nitrogens with zero attached hydrogens (tertiary/aromatic N) is 1. The minimum absolute atomic E-state index is 0.0843. The van der Waals surface area contributed by atoms with Crippen molar-refractivity contribution in [3.63, 3.8) is 0 Å². The molecule has 1 atom stereocenters. The lowest BCUT2D eigenvalue weighted by Gasteiger charge is -2.23. The third-order valence-electron chi connectivity index (χ3n) is 3.18. The Morgan fingerprint density at radius 1 is 1.41 bits per heavy atom. The van der Waals surface area contributed by atoms with Gasteiger partial charge >= 0.3 is 0 Å². The first-order valence-electron chi connectivity index (χ1n) is 5.70. The van der Waals surface area contributed by atoms with Gasteiger partial charge in [0.15, 0.2) is 0 Å². The van der Waals surface area contributed by atoms with Crippen molar-refractivity contribution in [2.75, 3.05) is 19.7 Å². The molecule has 0 spiro atoms. The van der Waals surface area contributed by atoms with Crippen molar-refractivity contribution >= 4 is 0 Å². The van der Waals surface area contributed by atoms with Gasteiger partial charge in [-0.3, -0.25) is 4.90 Å². The van der Waals surface area contributed by atoms with E-state index in [1.54, 1.807) is 0 Å². The second-order valence-corrected chi connectivity index (χ2v) is 4.25. The fourth-order valence-electron chi connectivity index (χ4n) is 2.38. The topological polar surface area (TPSA) is 49.5 Å². The van der Waals surface area contributed by atoms with E-state index in [9.17, 15) is 8.78 Å². The number of hydrogen-bond donors (Lipinski definition) is 2. The fourth-order valence-corrected chi connectivity index (χ4v) is 2.38. The molecule has 3 N–H and O–H groups in total. The first kappa shape index (κ1) is 12.4. The zero-order valence-corrected chi connectivity index (χ0v) is 9.50. The third kappa shape index (κ3) is 2.31. The van der Waals surface area contributed by atoms with E-state index < -0.39 is 11.6 Å². The third-order valence-corrected chi connectivity index (χ3v) is 3.18. The maximum absolute atomic E-state index is 13.6. The van der Waals surface area contributed by atoms with Crippen molar-refractivity contribution in [1.29, 1.82) is 0 Å². The van der Waals surface area contributed by atoms with Gasteiger partial charge in [0, 0.05) is 43.9 Å². The van der Waals surface area contributed by atoms with Crippen LogP contribution in [0.5, 0.6) is 0 Å². The number of benzene rings is 1. The van der Waals surface area contributed by atoms with E-state index in [-0.39, 0.29) is 12.6 Å². The Balaban J connectivity index is 2.28. The number of rotatable bonds is 4. The predicted octanol–water partition coefficient (Wildman–Crippen LogP) is 1.16. The second-order valence-electron chi connectivity index (χ2n) is 4.25. The molecule has 0 aromatic heterocycles. The van der Waals surface area contributed by atoms with Crippen molar-refractivity contribution in [3.05, 3.63) is 34.9 Å². The highest BCUT2D eigenvalue weighted by Crippen LogP contribution is 2.35. The van der Waals surface area contributed by atoms with Gasteiger partial charge in [0.05, 0.1) is 0 Å². The number of aliphatic hydroxyl groups excluding tert-OH is 1. The summed E-state index contributed by atoms with van der Waals surface area (Å²) in [7, 11) is 0. The molecule has 3 nitrogen and oxygen atoms in total. The lowest BCUT2D eigenvalue weighted by atomic mass is 10.0. The molecule has 2 rings (SSSR count). The number of aliphatic hydroxyl groups is 1. The van der Waals surface area contributed by atoms with Crippen LogP contribution in [0.4, 0.5) is 8.78 Å². The Morgan fingerprint density at radius 2 is 2.18 bits per heavy atom.